The number of rotatable bonds is 7. The van der Waals surface area contributed by atoms with Crippen LogP contribution < -0.4 is 5.32 Å². The van der Waals surface area contributed by atoms with Gasteiger partial charge in [-0.05, 0) is 45.1 Å². The zero-order chi connectivity index (χ0) is 14.4. The molecule has 0 aromatic carbocycles. The Morgan fingerprint density at radius 2 is 2.10 bits per heavy atom. The van der Waals surface area contributed by atoms with Gasteiger partial charge in [-0.3, -0.25) is 0 Å². The Bertz CT molecular complexity index is 394. The summed E-state index contributed by atoms with van der Waals surface area (Å²) in [5, 5.41) is 13.9. The van der Waals surface area contributed by atoms with E-state index in [1.54, 1.807) is 11.3 Å². The molecule has 0 spiro atoms. The second kappa shape index (κ2) is 8.35. The molecule has 3 unspecified atom stereocenters. The van der Waals surface area contributed by atoms with Gasteiger partial charge < -0.3 is 5.32 Å². The fourth-order valence-corrected chi connectivity index (χ4v) is 5.48. The van der Waals surface area contributed by atoms with E-state index in [-0.39, 0.29) is 0 Å². The van der Waals surface area contributed by atoms with Gasteiger partial charge in [-0.2, -0.15) is 0 Å². The van der Waals surface area contributed by atoms with Crippen LogP contribution in [0.5, 0.6) is 0 Å². The van der Waals surface area contributed by atoms with E-state index in [0.29, 0.717) is 11.3 Å². The number of aryl methyl sites for hydroxylation is 1. The van der Waals surface area contributed by atoms with Crippen molar-refractivity contribution in [2.45, 2.75) is 74.9 Å². The third kappa shape index (κ3) is 4.71. The molecule has 20 heavy (non-hydrogen) atoms. The lowest BCUT2D eigenvalue weighted by molar-refractivity contribution is 0.287. The van der Waals surface area contributed by atoms with E-state index < -0.39 is 0 Å². The molecule has 0 radical (unpaired) electrons. The van der Waals surface area contributed by atoms with E-state index in [1.165, 1.54) is 38.5 Å². The summed E-state index contributed by atoms with van der Waals surface area (Å²) in [6.45, 7) is 7.72. The highest BCUT2D eigenvalue weighted by molar-refractivity contribution is 8.01. The number of aromatic nitrogens is 2. The van der Waals surface area contributed by atoms with Crippen LogP contribution in [0.1, 0.15) is 57.4 Å². The molecule has 1 aromatic heterocycles. The predicted molar refractivity (Wildman–Crippen MR) is 88.6 cm³/mol. The standard InChI is InChI=1S/C15H27N3S2/c1-4-6-12-7-8-13(16-9-5-2)14(10-12)20-15-18-17-11(3)19-15/h12-14,16H,4-10H2,1-3H3. The quantitative estimate of drug-likeness (QED) is 0.815. The van der Waals surface area contributed by atoms with Crippen LogP contribution in [0.25, 0.3) is 0 Å². The molecule has 5 heteroatoms. The molecule has 0 saturated heterocycles. The molecule has 1 heterocycles. The number of hydrogen-bond donors (Lipinski definition) is 1. The number of nitrogens with one attached hydrogen (secondary N) is 1. The van der Waals surface area contributed by atoms with E-state index in [4.69, 9.17) is 0 Å². The third-order valence-electron chi connectivity index (χ3n) is 4.01. The van der Waals surface area contributed by atoms with Crippen LogP contribution in [0.15, 0.2) is 4.34 Å². The fraction of sp³-hybridized carbons (Fsp3) is 0.867. The van der Waals surface area contributed by atoms with Gasteiger partial charge in [-0.1, -0.05) is 49.8 Å². The van der Waals surface area contributed by atoms with Crippen LogP contribution in [-0.2, 0) is 0 Å². The van der Waals surface area contributed by atoms with Gasteiger partial charge in [-0.15, -0.1) is 10.2 Å². The molecular formula is C15H27N3S2. The minimum atomic E-state index is 0.650. The average Bonchev–Trinajstić information content (AvgIpc) is 2.84. The molecule has 1 N–H and O–H groups in total. The van der Waals surface area contributed by atoms with Gasteiger partial charge in [0.05, 0.1) is 0 Å². The average molecular weight is 314 g/mol. The van der Waals surface area contributed by atoms with Crippen molar-refractivity contribution in [3.63, 3.8) is 0 Å². The maximum atomic E-state index is 4.30. The van der Waals surface area contributed by atoms with Crippen LogP contribution in [0, 0.1) is 12.8 Å². The number of hydrogen-bond acceptors (Lipinski definition) is 5. The first-order valence-corrected chi connectivity index (χ1v) is 9.62. The van der Waals surface area contributed by atoms with Crippen molar-refractivity contribution in [2.75, 3.05) is 6.54 Å². The Kier molecular flexibility index (Phi) is 6.78. The Morgan fingerprint density at radius 3 is 2.75 bits per heavy atom. The van der Waals surface area contributed by atoms with Gasteiger partial charge in [0.2, 0.25) is 0 Å². The van der Waals surface area contributed by atoms with Crippen LogP contribution in [-0.4, -0.2) is 28.0 Å². The van der Waals surface area contributed by atoms with Crippen LogP contribution in [0.2, 0.25) is 0 Å². The lowest BCUT2D eigenvalue weighted by Gasteiger charge is -2.36. The molecule has 0 bridgehead atoms. The zero-order valence-corrected chi connectivity index (χ0v) is 14.5. The van der Waals surface area contributed by atoms with Gasteiger partial charge in [0.15, 0.2) is 4.34 Å². The SMILES string of the molecule is CCCNC1CCC(CCC)CC1Sc1nnc(C)s1. The van der Waals surface area contributed by atoms with Crippen LogP contribution in [0.4, 0.5) is 0 Å². The minimum Gasteiger partial charge on any atom is -0.313 e. The first kappa shape index (κ1) is 16.2. The van der Waals surface area contributed by atoms with Crippen molar-refractivity contribution in [3.05, 3.63) is 5.01 Å². The maximum Gasteiger partial charge on any atom is 0.174 e. The first-order chi connectivity index (χ1) is 9.72. The van der Waals surface area contributed by atoms with Crippen molar-refractivity contribution in [2.24, 2.45) is 5.92 Å². The van der Waals surface area contributed by atoms with Gasteiger partial charge in [0.25, 0.3) is 0 Å². The normalized spacial score (nSPS) is 26.9. The highest BCUT2D eigenvalue weighted by Crippen LogP contribution is 2.38. The first-order valence-electron chi connectivity index (χ1n) is 7.93. The molecule has 1 saturated carbocycles. The van der Waals surface area contributed by atoms with Gasteiger partial charge in [0.1, 0.15) is 5.01 Å². The lowest BCUT2D eigenvalue weighted by Crippen LogP contribution is -2.42. The van der Waals surface area contributed by atoms with Crippen molar-refractivity contribution in [1.82, 2.24) is 15.5 Å². The molecule has 1 aliphatic rings. The monoisotopic (exact) mass is 313 g/mol. The molecule has 0 amide bonds. The molecule has 3 nitrogen and oxygen atoms in total. The molecule has 1 aliphatic carbocycles. The fourth-order valence-electron chi connectivity index (χ4n) is 3.03. The third-order valence-corrected chi connectivity index (χ3v) is 6.29. The lowest BCUT2D eigenvalue weighted by atomic mass is 9.83. The minimum absolute atomic E-state index is 0.650. The molecular weight excluding hydrogens is 286 g/mol. The molecule has 0 aliphatic heterocycles. The summed E-state index contributed by atoms with van der Waals surface area (Å²) in [5.41, 5.74) is 0. The molecule has 2 rings (SSSR count). The summed E-state index contributed by atoms with van der Waals surface area (Å²) in [7, 11) is 0. The van der Waals surface area contributed by atoms with Crippen molar-refractivity contribution < 1.29 is 0 Å². The van der Waals surface area contributed by atoms with E-state index >= 15 is 0 Å². The van der Waals surface area contributed by atoms with E-state index in [9.17, 15) is 0 Å². The Balaban J connectivity index is 1.96. The zero-order valence-electron chi connectivity index (χ0n) is 12.9. The second-order valence-electron chi connectivity index (χ2n) is 5.77. The summed E-state index contributed by atoms with van der Waals surface area (Å²) in [4.78, 5) is 0. The second-order valence-corrected chi connectivity index (χ2v) is 8.44. The number of nitrogens with zero attached hydrogens (tertiary/aromatic N) is 2. The summed E-state index contributed by atoms with van der Waals surface area (Å²) in [6.07, 6.45) is 7.95. The summed E-state index contributed by atoms with van der Waals surface area (Å²) in [5.74, 6) is 0.909. The Hall–Kier alpha value is -0.130. The largest absolute Gasteiger partial charge is 0.313 e. The smallest absolute Gasteiger partial charge is 0.174 e. The Morgan fingerprint density at radius 1 is 1.25 bits per heavy atom. The summed E-state index contributed by atoms with van der Waals surface area (Å²) in [6, 6.07) is 0.650. The summed E-state index contributed by atoms with van der Waals surface area (Å²) < 4.78 is 1.15. The number of thioether (sulfide) groups is 1. The predicted octanol–water partition coefficient (Wildman–Crippen LogP) is 4.28. The highest BCUT2D eigenvalue weighted by atomic mass is 32.2. The summed E-state index contributed by atoms with van der Waals surface area (Å²) >= 11 is 3.69. The van der Waals surface area contributed by atoms with E-state index in [0.717, 1.165) is 21.8 Å². The topological polar surface area (TPSA) is 37.8 Å². The highest BCUT2D eigenvalue weighted by Gasteiger charge is 2.31. The van der Waals surface area contributed by atoms with Crippen molar-refractivity contribution in [3.8, 4) is 0 Å². The Labute approximate surface area is 131 Å². The van der Waals surface area contributed by atoms with Crippen molar-refractivity contribution >= 4 is 23.1 Å². The maximum absolute atomic E-state index is 4.30. The van der Waals surface area contributed by atoms with E-state index in [2.05, 4.69) is 29.4 Å². The van der Waals surface area contributed by atoms with Crippen LogP contribution in [0.3, 0.4) is 0 Å². The van der Waals surface area contributed by atoms with Crippen LogP contribution >= 0.6 is 23.1 Å². The molecule has 1 fully saturated rings. The molecule has 114 valence electrons. The van der Waals surface area contributed by atoms with E-state index in [1.807, 2.05) is 18.7 Å². The van der Waals surface area contributed by atoms with Gasteiger partial charge >= 0.3 is 0 Å². The van der Waals surface area contributed by atoms with Crippen molar-refractivity contribution in [1.29, 1.82) is 0 Å². The van der Waals surface area contributed by atoms with Gasteiger partial charge in [0, 0.05) is 11.3 Å². The molecule has 1 aromatic rings. The van der Waals surface area contributed by atoms with Gasteiger partial charge in [-0.25, -0.2) is 0 Å². The molecule has 3 atom stereocenters.